The SMILES string of the molecule is CC1(CN)CN(c2nc3c(cc2F)c(=O)c(C(=O)O)cn3[C@@H]2C[C@@H]2F)C/C1=N\OCc1ccccc1. The second-order valence-electron chi connectivity index (χ2n) is 9.49. The fourth-order valence-electron chi connectivity index (χ4n) is 4.47. The van der Waals surface area contributed by atoms with Crippen LogP contribution in [0.15, 0.2) is 52.5 Å². The summed E-state index contributed by atoms with van der Waals surface area (Å²) >= 11 is 0. The Hall–Kier alpha value is -3.86. The van der Waals surface area contributed by atoms with Crippen molar-refractivity contribution in [1.82, 2.24) is 9.55 Å². The van der Waals surface area contributed by atoms with Gasteiger partial charge in [-0.1, -0.05) is 42.4 Å². The lowest BCUT2D eigenvalue weighted by atomic mass is 9.88. The maximum Gasteiger partial charge on any atom is 0.341 e. The Labute approximate surface area is 204 Å². The third-order valence-corrected chi connectivity index (χ3v) is 6.78. The number of carboxylic acids is 1. The molecule has 188 valence electrons. The molecule has 5 rings (SSSR count). The van der Waals surface area contributed by atoms with Crippen molar-refractivity contribution in [2.75, 3.05) is 24.5 Å². The lowest BCUT2D eigenvalue weighted by Gasteiger charge is -2.23. The molecule has 2 aliphatic rings. The number of aromatic nitrogens is 2. The van der Waals surface area contributed by atoms with Gasteiger partial charge in [0, 0.05) is 31.1 Å². The van der Waals surface area contributed by atoms with Gasteiger partial charge in [0.1, 0.15) is 24.0 Å². The van der Waals surface area contributed by atoms with Crippen molar-refractivity contribution >= 4 is 28.5 Å². The highest BCUT2D eigenvalue weighted by molar-refractivity contribution is 5.97. The summed E-state index contributed by atoms with van der Waals surface area (Å²) in [6.45, 7) is 2.86. The van der Waals surface area contributed by atoms with Crippen LogP contribution in [-0.4, -0.2) is 52.1 Å². The average molecular weight is 498 g/mol. The predicted octanol–water partition coefficient (Wildman–Crippen LogP) is 2.87. The minimum atomic E-state index is -1.47. The molecule has 0 bridgehead atoms. The topological polar surface area (TPSA) is 123 Å². The standard InChI is InChI=1S/C25H25F2N5O4/c1-25(12-28)13-31(10-20(25)30-36-11-14-5-3-2-4-6-14)23-18(27)7-15-21(33)16(24(34)35)9-32(22(15)29-23)19-8-17(19)26/h2-7,9,17,19H,8,10-13,28H2,1H3,(H,34,35)/b30-20+/t17-,19+,25?/m0/s1. The van der Waals surface area contributed by atoms with E-state index in [-0.39, 0.29) is 43.0 Å². The first-order chi connectivity index (χ1) is 17.2. The number of aromatic carboxylic acids is 1. The van der Waals surface area contributed by atoms with E-state index in [1.54, 1.807) is 4.90 Å². The summed E-state index contributed by atoms with van der Waals surface area (Å²) in [6, 6.07) is 9.83. The van der Waals surface area contributed by atoms with E-state index >= 15 is 4.39 Å². The van der Waals surface area contributed by atoms with Gasteiger partial charge in [-0.15, -0.1) is 0 Å². The smallest absolute Gasteiger partial charge is 0.341 e. The average Bonchev–Trinajstić information content (AvgIpc) is 3.49. The minimum absolute atomic E-state index is 0.0340. The van der Waals surface area contributed by atoms with Crippen molar-refractivity contribution in [3.05, 3.63) is 69.8 Å². The van der Waals surface area contributed by atoms with Gasteiger partial charge in [-0.05, 0) is 11.6 Å². The summed E-state index contributed by atoms with van der Waals surface area (Å²) in [4.78, 5) is 35.9. The third-order valence-electron chi connectivity index (χ3n) is 6.78. The molecule has 1 aliphatic heterocycles. The number of rotatable bonds is 7. The Morgan fingerprint density at radius 2 is 2.08 bits per heavy atom. The maximum atomic E-state index is 15.3. The van der Waals surface area contributed by atoms with Crippen molar-refractivity contribution in [2.45, 2.75) is 32.2 Å². The lowest BCUT2D eigenvalue weighted by Crippen LogP contribution is -2.36. The summed E-state index contributed by atoms with van der Waals surface area (Å²) in [6.07, 6.45) is 0.0561. The molecule has 3 aromatic rings. The lowest BCUT2D eigenvalue weighted by molar-refractivity contribution is 0.0694. The zero-order valence-electron chi connectivity index (χ0n) is 19.5. The van der Waals surface area contributed by atoms with Gasteiger partial charge in [-0.3, -0.25) is 4.79 Å². The predicted molar refractivity (Wildman–Crippen MR) is 130 cm³/mol. The van der Waals surface area contributed by atoms with E-state index < -0.39 is 40.4 Å². The number of nitrogens with zero attached hydrogens (tertiary/aromatic N) is 4. The molecule has 3 atom stereocenters. The van der Waals surface area contributed by atoms with Crippen LogP contribution in [0.25, 0.3) is 11.0 Å². The van der Waals surface area contributed by atoms with Crippen molar-refractivity contribution in [3.63, 3.8) is 0 Å². The molecule has 1 unspecified atom stereocenters. The molecule has 3 heterocycles. The van der Waals surface area contributed by atoms with Gasteiger partial charge in [-0.2, -0.15) is 0 Å². The normalized spacial score (nSPS) is 24.4. The van der Waals surface area contributed by atoms with E-state index in [9.17, 15) is 19.1 Å². The van der Waals surface area contributed by atoms with Crippen molar-refractivity contribution < 1.29 is 23.5 Å². The van der Waals surface area contributed by atoms with Crippen LogP contribution in [0.4, 0.5) is 14.6 Å². The van der Waals surface area contributed by atoms with Crippen LogP contribution in [0.3, 0.4) is 0 Å². The molecule has 3 N–H and O–H groups in total. The van der Waals surface area contributed by atoms with E-state index in [2.05, 4.69) is 10.1 Å². The zero-order valence-corrected chi connectivity index (χ0v) is 19.5. The Balaban J connectivity index is 1.51. The van der Waals surface area contributed by atoms with Gasteiger partial charge in [-0.25, -0.2) is 18.6 Å². The molecule has 2 fully saturated rings. The minimum Gasteiger partial charge on any atom is -0.477 e. The summed E-state index contributed by atoms with van der Waals surface area (Å²) in [5.74, 6) is -2.32. The molecule has 11 heteroatoms. The highest BCUT2D eigenvalue weighted by atomic mass is 19.1. The molecular formula is C25H25F2N5O4. The summed E-state index contributed by atoms with van der Waals surface area (Å²) in [5, 5.41) is 13.5. The van der Waals surface area contributed by atoms with Crippen LogP contribution in [0.2, 0.25) is 0 Å². The number of nitrogens with two attached hydrogens (primary N) is 1. The van der Waals surface area contributed by atoms with Crippen molar-refractivity contribution in [3.8, 4) is 0 Å². The third kappa shape index (κ3) is 4.19. The molecule has 0 spiro atoms. The molecule has 1 saturated heterocycles. The van der Waals surface area contributed by atoms with E-state index in [1.165, 1.54) is 4.57 Å². The zero-order chi connectivity index (χ0) is 25.6. The molecule has 9 nitrogen and oxygen atoms in total. The number of hydrogen-bond acceptors (Lipinski definition) is 7. The number of benzene rings is 1. The van der Waals surface area contributed by atoms with Crippen molar-refractivity contribution in [2.24, 2.45) is 16.3 Å². The van der Waals surface area contributed by atoms with Crippen LogP contribution in [0.1, 0.15) is 35.3 Å². The molecule has 1 aliphatic carbocycles. The number of anilines is 1. The van der Waals surface area contributed by atoms with E-state index in [1.807, 2.05) is 37.3 Å². The number of hydrogen-bond donors (Lipinski definition) is 2. The Kier molecular flexibility index (Phi) is 5.95. The molecule has 2 aromatic heterocycles. The van der Waals surface area contributed by atoms with Gasteiger partial charge in [0.2, 0.25) is 5.43 Å². The van der Waals surface area contributed by atoms with E-state index in [0.29, 0.717) is 12.3 Å². The number of halogens is 2. The van der Waals surface area contributed by atoms with Crippen LogP contribution < -0.4 is 16.1 Å². The van der Waals surface area contributed by atoms with Crippen LogP contribution in [0.5, 0.6) is 0 Å². The van der Waals surface area contributed by atoms with Crippen LogP contribution >= 0.6 is 0 Å². The molecule has 36 heavy (non-hydrogen) atoms. The monoisotopic (exact) mass is 497 g/mol. The Bertz CT molecular complexity index is 1430. The van der Waals surface area contributed by atoms with Gasteiger partial charge in [0.05, 0.1) is 23.7 Å². The van der Waals surface area contributed by atoms with Crippen LogP contribution in [0, 0.1) is 11.2 Å². The quantitative estimate of drug-likeness (QED) is 0.481. The van der Waals surface area contributed by atoms with Gasteiger partial charge >= 0.3 is 5.97 Å². The Morgan fingerprint density at radius 3 is 2.72 bits per heavy atom. The van der Waals surface area contributed by atoms with Gasteiger partial charge < -0.3 is 25.1 Å². The fraction of sp³-hybridized carbons (Fsp3) is 0.360. The Morgan fingerprint density at radius 1 is 1.36 bits per heavy atom. The van der Waals surface area contributed by atoms with Crippen molar-refractivity contribution in [1.29, 1.82) is 0 Å². The number of pyridine rings is 2. The highest BCUT2D eigenvalue weighted by Crippen LogP contribution is 2.41. The molecule has 1 aromatic carbocycles. The van der Waals surface area contributed by atoms with E-state index in [4.69, 9.17) is 10.6 Å². The fourth-order valence-corrected chi connectivity index (χ4v) is 4.47. The molecule has 1 saturated carbocycles. The van der Waals surface area contributed by atoms with Crippen LogP contribution in [-0.2, 0) is 11.4 Å². The molecule has 0 radical (unpaired) electrons. The van der Waals surface area contributed by atoms with E-state index in [0.717, 1.165) is 17.8 Å². The number of carboxylic acid groups (broad SMARTS) is 1. The summed E-state index contributed by atoms with van der Waals surface area (Å²) in [5.41, 5.74) is 5.59. The summed E-state index contributed by atoms with van der Waals surface area (Å²) in [7, 11) is 0. The number of carbonyl (C=O) groups is 1. The first-order valence-corrected chi connectivity index (χ1v) is 11.5. The summed E-state index contributed by atoms with van der Waals surface area (Å²) < 4.78 is 30.6. The number of alkyl halides is 1. The largest absolute Gasteiger partial charge is 0.477 e. The first-order valence-electron chi connectivity index (χ1n) is 11.5. The number of fused-ring (bicyclic) bond motifs is 1. The van der Waals surface area contributed by atoms with Gasteiger partial charge in [0.25, 0.3) is 0 Å². The maximum absolute atomic E-state index is 15.3. The second kappa shape index (κ2) is 8.98. The molecular weight excluding hydrogens is 472 g/mol. The molecule has 0 amide bonds. The first kappa shape index (κ1) is 23.9. The number of oxime groups is 1. The highest BCUT2D eigenvalue weighted by Gasteiger charge is 2.43. The van der Waals surface area contributed by atoms with Gasteiger partial charge in [0.15, 0.2) is 11.6 Å². The second-order valence-corrected chi connectivity index (χ2v) is 9.49.